The van der Waals surface area contributed by atoms with Crippen LogP contribution in [0.4, 0.5) is 0 Å². The van der Waals surface area contributed by atoms with Gasteiger partial charge in [-0.3, -0.25) is 9.69 Å². The summed E-state index contributed by atoms with van der Waals surface area (Å²) in [7, 11) is 0. The zero-order valence-electron chi connectivity index (χ0n) is 11.3. The quantitative estimate of drug-likeness (QED) is 0.664. The highest BCUT2D eigenvalue weighted by Gasteiger charge is 2.30. The van der Waals surface area contributed by atoms with E-state index in [9.17, 15) is 10.1 Å². The molecule has 1 heterocycles. The Hall–Kier alpha value is -1.90. The molecule has 0 bridgehead atoms. The molecule has 1 aliphatic heterocycles. The summed E-state index contributed by atoms with van der Waals surface area (Å²) in [5.41, 5.74) is 2.30. The fraction of sp³-hybridized carbons (Fsp3) is 0.0588. The Balaban J connectivity index is 2.04. The fourth-order valence-corrected chi connectivity index (χ4v) is 3.26. The van der Waals surface area contributed by atoms with E-state index in [0.717, 1.165) is 20.1 Å². The molecule has 0 N–H and O–H groups in total. The maximum absolute atomic E-state index is 12.7. The fourth-order valence-electron chi connectivity index (χ4n) is 2.42. The van der Waals surface area contributed by atoms with E-state index in [4.69, 9.17) is 0 Å². The van der Waals surface area contributed by atoms with E-state index in [2.05, 4.69) is 37.9 Å². The van der Waals surface area contributed by atoms with Crippen LogP contribution in [0.3, 0.4) is 0 Å². The molecule has 0 saturated carbocycles. The molecule has 0 radical (unpaired) electrons. The van der Waals surface area contributed by atoms with Crippen LogP contribution >= 0.6 is 31.9 Å². The Kier molecular flexibility index (Phi) is 4.14. The van der Waals surface area contributed by atoms with E-state index in [1.807, 2.05) is 36.4 Å². The van der Waals surface area contributed by atoms with Crippen LogP contribution < -0.4 is 0 Å². The minimum Gasteiger partial charge on any atom is -0.293 e. The maximum Gasteiger partial charge on any atom is 0.259 e. The van der Waals surface area contributed by atoms with Crippen LogP contribution in [0.25, 0.3) is 4.48 Å². The van der Waals surface area contributed by atoms with Crippen molar-refractivity contribution in [1.29, 1.82) is 5.26 Å². The first-order valence-electron chi connectivity index (χ1n) is 6.56. The number of nitriles is 1. The van der Waals surface area contributed by atoms with Crippen LogP contribution in [0.5, 0.6) is 0 Å². The number of halogens is 2. The third-order valence-electron chi connectivity index (χ3n) is 3.49. The molecule has 1 unspecified atom stereocenters. The molecule has 108 valence electrons. The molecule has 5 heteroatoms. The molecule has 3 nitrogen and oxygen atoms in total. The second kappa shape index (κ2) is 6.07. The van der Waals surface area contributed by atoms with Gasteiger partial charge in [0.1, 0.15) is 6.04 Å². The molecule has 2 aromatic carbocycles. The standard InChI is InChI=1S/C17H10Br2N2O/c18-12-7-5-11(6-8-12)17(22)21-10-15(19)13-3-1-2-4-14(13)16(21)9-20/h1-8,10,16H. The minimum absolute atomic E-state index is 0.203. The summed E-state index contributed by atoms with van der Waals surface area (Å²) in [5.74, 6) is -0.203. The molecule has 0 spiro atoms. The lowest BCUT2D eigenvalue weighted by Gasteiger charge is -2.30. The Bertz CT molecular complexity index is 806. The molecule has 1 aliphatic rings. The van der Waals surface area contributed by atoms with Crippen LogP contribution in [0.15, 0.2) is 59.2 Å². The van der Waals surface area contributed by atoms with Gasteiger partial charge in [0.2, 0.25) is 0 Å². The van der Waals surface area contributed by atoms with Crippen molar-refractivity contribution in [2.24, 2.45) is 0 Å². The molecule has 2 aromatic rings. The summed E-state index contributed by atoms with van der Waals surface area (Å²) in [4.78, 5) is 14.2. The van der Waals surface area contributed by atoms with Crippen molar-refractivity contribution in [2.45, 2.75) is 6.04 Å². The van der Waals surface area contributed by atoms with Gasteiger partial charge in [0.15, 0.2) is 0 Å². The average molecular weight is 418 g/mol. The van der Waals surface area contributed by atoms with Gasteiger partial charge in [0.05, 0.1) is 6.07 Å². The molecular formula is C17H10Br2N2O. The highest BCUT2D eigenvalue weighted by molar-refractivity contribution is 9.15. The molecule has 0 saturated heterocycles. The van der Waals surface area contributed by atoms with Crippen LogP contribution in [0.1, 0.15) is 27.5 Å². The number of fused-ring (bicyclic) bond motifs is 1. The summed E-state index contributed by atoms with van der Waals surface area (Å²) in [6, 6.07) is 16.3. The number of amides is 1. The summed E-state index contributed by atoms with van der Waals surface area (Å²) in [6.07, 6.45) is 1.68. The number of benzene rings is 2. The highest BCUT2D eigenvalue weighted by atomic mass is 79.9. The SMILES string of the molecule is N#CC1c2ccccc2C(Br)=CN1C(=O)c1ccc(Br)cc1. The maximum atomic E-state index is 12.7. The third kappa shape index (κ3) is 2.60. The lowest BCUT2D eigenvalue weighted by Crippen LogP contribution is -2.32. The van der Waals surface area contributed by atoms with E-state index in [1.54, 1.807) is 18.3 Å². The summed E-state index contributed by atoms with van der Waals surface area (Å²) in [5, 5.41) is 9.54. The Morgan fingerprint density at radius 3 is 2.45 bits per heavy atom. The Morgan fingerprint density at radius 1 is 1.09 bits per heavy atom. The second-order valence-corrected chi connectivity index (χ2v) is 6.59. The van der Waals surface area contributed by atoms with E-state index in [1.165, 1.54) is 4.90 Å². The number of hydrogen-bond acceptors (Lipinski definition) is 2. The third-order valence-corrected chi connectivity index (χ3v) is 4.65. The minimum atomic E-state index is -0.631. The average Bonchev–Trinajstić information content (AvgIpc) is 2.55. The number of carbonyl (C=O) groups excluding carboxylic acids is 1. The van der Waals surface area contributed by atoms with Crippen molar-refractivity contribution in [3.63, 3.8) is 0 Å². The molecular weight excluding hydrogens is 408 g/mol. The van der Waals surface area contributed by atoms with Crippen LogP contribution in [0.2, 0.25) is 0 Å². The molecule has 1 amide bonds. The molecule has 0 aromatic heterocycles. The summed E-state index contributed by atoms with van der Waals surface area (Å²) >= 11 is 6.84. The van der Waals surface area contributed by atoms with Crippen molar-refractivity contribution in [1.82, 2.24) is 4.90 Å². The van der Waals surface area contributed by atoms with Crippen molar-refractivity contribution >= 4 is 42.2 Å². The van der Waals surface area contributed by atoms with Crippen molar-refractivity contribution in [2.75, 3.05) is 0 Å². The zero-order chi connectivity index (χ0) is 15.7. The Morgan fingerprint density at radius 2 is 1.77 bits per heavy atom. The van der Waals surface area contributed by atoms with Crippen LogP contribution in [-0.4, -0.2) is 10.8 Å². The van der Waals surface area contributed by atoms with Gasteiger partial charge in [-0.25, -0.2) is 0 Å². The van der Waals surface area contributed by atoms with Gasteiger partial charge in [0.25, 0.3) is 5.91 Å². The van der Waals surface area contributed by atoms with Gasteiger partial charge in [0, 0.05) is 20.7 Å². The number of nitrogens with zero attached hydrogens (tertiary/aromatic N) is 2. The molecule has 1 atom stereocenters. The van der Waals surface area contributed by atoms with E-state index >= 15 is 0 Å². The molecule has 3 rings (SSSR count). The lowest BCUT2D eigenvalue weighted by atomic mass is 9.96. The Labute approximate surface area is 145 Å². The monoisotopic (exact) mass is 416 g/mol. The van der Waals surface area contributed by atoms with Crippen LogP contribution in [0, 0.1) is 11.3 Å². The highest BCUT2D eigenvalue weighted by Crippen LogP contribution is 2.37. The van der Waals surface area contributed by atoms with E-state index < -0.39 is 6.04 Å². The topological polar surface area (TPSA) is 44.1 Å². The van der Waals surface area contributed by atoms with Crippen molar-refractivity contribution in [3.8, 4) is 6.07 Å². The van der Waals surface area contributed by atoms with Gasteiger partial charge >= 0.3 is 0 Å². The smallest absolute Gasteiger partial charge is 0.259 e. The van der Waals surface area contributed by atoms with Gasteiger partial charge < -0.3 is 0 Å². The predicted octanol–water partition coefficient (Wildman–Crippen LogP) is 4.86. The van der Waals surface area contributed by atoms with Crippen molar-refractivity contribution in [3.05, 3.63) is 75.9 Å². The second-order valence-electron chi connectivity index (χ2n) is 4.82. The first kappa shape index (κ1) is 15.0. The molecule has 0 fully saturated rings. The normalized spacial score (nSPS) is 16.5. The largest absolute Gasteiger partial charge is 0.293 e. The van der Waals surface area contributed by atoms with Gasteiger partial charge in [-0.05, 0) is 51.3 Å². The summed E-state index contributed by atoms with van der Waals surface area (Å²) < 4.78 is 1.70. The van der Waals surface area contributed by atoms with Crippen LogP contribution in [-0.2, 0) is 0 Å². The number of rotatable bonds is 1. The zero-order valence-corrected chi connectivity index (χ0v) is 14.5. The van der Waals surface area contributed by atoms with E-state index in [0.29, 0.717) is 5.56 Å². The number of carbonyl (C=O) groups is 1. The van der Waals surface area contributed by atoms with E-state index in [-0.39, 0.29) is 5.91 Å². The number of hydrogen-bond donors (Lipinski definition) is 0. The molecule has 22 heavy (non-hydrogen) atoms. The van der Waals surface area contributed by atoms with Gasteiger partial charge in [-0.2, -0.15) is 5.26 Å². The first-order chi connectivity index (χ1) is 10.6. The van der Waals surface area contributed by atoms with Crippen molar-refractivity contribution < 1.29 is 4.79 Å². The predicted molar refractivity (Wildman–Crippen MR) is 92.0 cm³/mol. The van der Waals surface area contributed by atoms with Gasteiger partial charge in [-0.15, -0.1) is 0 Å². The first-order valence-corrected chi connectivity index (χ1v) is 8.15. The molecule has 0 aliphatic carbocycles. The lowest BCUT2D eigenvalue weighted by molar-refractivity contribution is 0.0794. The summed E-state index contributed by atoms with van der Waals surface area (Å²) in [6.45, 7) is 0. The van der Waals surface area contributed by atoms with Gasteiger partial charge in [-0.1, -0.05) is 40.2 Å².